The number of benzene rings is 3. The van der Waals surface area contributed by atoms with Gasteiger partial charge in [-0.15, -0.1) is 10.2 Å². The van der Waals surface area contributed by atoms with E-state index in [9.17, 15) is 12.8 Å². The van der Waals surface area contributed by atoms with Gasteiger partial charge in [0.1, 0.15) is 16.5 Å². The van der Waals surface area contributed by atoms with Gasteiger partial charge in [0, 0.05) is 36.2 Å². The maximum absolute atomic E-state index is 13.3. The van der Waals surface area contributed by atoms with Gasteiger partial charge in [-0.3, -0.25) is 0 Å². The van der Waals surface area contributed by atoms with Gasteiger partial charge >= 0.3 is 0 Å². The lowest BCUT2D eigenvalue weighted by atomic mass is 10.1. The number of thioether (sulfide) groups is 1. The molecule has 0 fully saturated rings. The van der Waals surface area contributed by atoms with Crippen molar-refractivity contribution in [2.45, 2.75) is 15.7 Å². The van der Waals surface area contributed by atoms with Crippen molar-refractivity contribution in [3.8, 4) is 11.3 Å². The standard InChI is InChI=1S/C23H20FN3O2S2/c1-27(2)31(28,29)19-7-5-6-16(14-19)15-30-23-21-9-4-3-8-20(21)22(25-26-23)17-10-12-18(24)13-11-17/h3-14H,15H2,1-2H3. The highest BCUT2D eigenvalue weighted by atomic mass is 32.2. The first-order chi connectivity index (χ1) is 14.9. The molecule has 0 aliphatic heterocycles. The van der Waals surface area contributed by atoms with Crippen molar-refractivity contribution < 1.29 is 12.8 Å². The Morgan fingerprint density at radius 1 is 0.903 bits per heavy atom. The van der Waals surface area contributed by atoms with Crippen molar-refractivity contribution in [1.82, 2.24) is 14.5 Å². The Labute approximate surface area is 185 Å². The molecule has 0 aliphatic carbocycles. The van der Waals surface area contributed by atoms with Crippen LogP contribution in [0, 0.1) is 5.82 Å². The molecule has 0 amide bonds. The second kappa shape index (κ2) is 8.74. The molecule has 1 heterocycles. The Kier molecular flexibility index (Phi) is 6.04. The van der Waals surface area contributed by atoms with Crippen molar-refractivity contribution in [1.29, 1.82) is 0 Å². The summed E-state index contributed by atoms with van der Waals surface area (Å²) in [6.07, 6.45) is 0. The van der Waals surface area contributed by atoms with E-state index < -0.39 is 10.0 Å². The molecule has 0 N–H and O–H groups in total. The van der Waals surface area contributed by atoms with Crippen LogP contribution in [0.5, 0.6) is 0 Å². The zero-order valence-corrected chi connectivity index (χ0v) is 18.6. The molecule has 0 spiro atoms. The lowest BCUT2D eigenvalue weighted by Crippen LogP contribution is -2.22. The van der Waals surface area contributed by atoms with E-state index in [1.807, 2.05) is 30.3 Å². The highest BCUT2D eigenvalue weighted by Gasteiger charge is 2.17. The van der Waals surface area contributed by atoms with E-state index in [0.717, 1.165) is 26.9 Å². The van der Waals surface area contributed by atoms with Gasteiger partial charge in [-0.25, -0.2) is 17.1 Å². The Balaban J connectivity index is 1.65. The summed E-state index contributed by atoms with van der Waals surface area (Å²) in [7, 11) is -0.457. The summed E-state index contributed by atoms with van der Waals surface area (Å²) in [4.78, 5) is 0.262. The maximum Gasteiger partial charge on any atom is 0.242 e. The Bertz CT molecular complexity index is 1340. The van der Waals surface area contributed by atoms with Gasteiger partial charge in [-0.05, 0) is 42.0 Å². The minimum Gasteiger partial charge on any atom is -0.207 e. The highest BCUT2D eigenvalue weighted by Crippen LogP contribution is 2.33. The van der Waals surface area contributed by atoms with Gasteiger partial charge in [0.15, 0.2) is 0 Å². The lowest BCUT2D eigenvalue weighted by Gasteiger charge is -2.12. The molecule has 31 heavy (non-hydrogen) atoms. The average molecular weight is 454 g/mol. The van der Waals surface area contributed by atoms with Gasteiger partial charge in [0.25, 0.3) is 0 Å². The molecule has 0 saturated carbocycles. The van der Waals surface area contributed by atoms with Crippen LogP contribution in [0.15, 0.2) is 82.7 Å². The van der Waals surface area contributed by atoms with Crippen molar-refractivity contribution in [2.75, 3.05) is 14.1 Å². The van der Waals surface area contributed by atoms with E-state index in [1.165, 1.54) is 42.3 Å². The highest BCUT2D eigenvalue weighted by molar-refractivity contribution is 7.98. The number of hydrogen-bond acceptors (Lipinski definition) is 5. The van der Waals surface area contributed by atoms with Crippen LogP contribution in [0.1, 0.15) is 5.56 Å². The predicted molar refractivity (Wildman–Crippen MR) is 122 cm³/mol. The van der Waals surface area contributed by atoms with Crippen LogP contribution in [0.2, 0.25) is 0 Å². The molecule has 0 saturated heterocycles. The summed E-state index contributed by atoms with van der Waals surface area (Å²) >= 11 is 1.50. The third-order valence-corrected chi connectivity index (χ3v) is 7.69. The summed E-state index contributed by atoms with van der Waals surface area (Å²) in [5.74, 6) is 0.248. The fourth-order valence-electron chi connectivity index (χ4n) is 3.17. The average Bonchev–Trinajstić information content (AvgIpc) is 2.78. The van der Waals surface area contributed by atoms with E-state index in [4.69, 9.17) is 0 Å². The molecular formula is C23H20FN3O2S2. The molecular weight excluding hydrogens is 433 g/mol. The largest absolute Gasteiger partial charge is 0.242 e. The van der Waals surface area contributed by atoms with E-state index in [2.05, 4.69) is 10.2 Å². The van der Waals surface area contributed by atoms with E-state index in [-0.39, 0.29) is 10.7 Å². The van der Waals surface area contributed by atoms with Crippen molar-refractivity contribution in [2.24, 2.45) is 0 Å². The quantitative estimate of drug-likeness (QED) is 0.385. The molecule has 8 heteroatoms. The molecule has 4 rings (SSSR count). The number of sulfonamides is 1. The van der Waals surface area contributed by atoms with Gasteiger partial charge in [0.2, 0.25) is 10.0 Å². The van der Waals surface area contributed by atoms with Crippen LogP contribution < -0.4 is 0 Å². The third-order valence-electron chi connectivity index (χ3n) is 4.82. The fourth-order valence-corrected chi connectivity index (χ4v) is 5.05. The Morgan fingerprint density at radius 3 is 2.32 bits per heavy atom. The minimum absolute atomic E-state index is 0.262. The lowest BCUT2D eigenvalue weighted by molar-refractivity contribution is 0.520. The van der Waals surface area contributed by atoms with Crippen LogP contribution in [0.3, 0.4) is 0 Å². The summed E-state index contributed by atoms with van der Waals surface area (Å²) in [6, 6.07) is 20.9. The molecule has 0 aliphatic rings. The second-order valence-electron chi connectivity index (χ2n) is 7.13. The van der Waals surface area contributed by atoms with E-state index in [1.54, 1.807) is 30.3 Å². The maximum atomic E-state index is 13.3. The molecule has 158 valence electrons. The van der Waals surface area contributed by atoms with Gasteiger partial charge in [0.05, 0.1) is 4.90 Å². The summed E-state index contributed by atoms with van der Waals surface area (Å²) in [6.45, 7) is 0. The summed E-state index contributed by atoms with van der Waals surface area (Å²) < 4.78 is 39.3. The van der Waals surface area contributed by atoms with Crippen LogP contribution in [0.4, 0.5) is 4.39 Å². The van der Waals surface area contributed by atoms with Crippen LogP contribution in [-0.4, -0.2) is 37.0 Å². The summed E-state index contributed by atoms with van der Waals surface area (Å²) in [5.41, 5.74) is 2.36. The van der Waals surface area contributed by atoms with Gasteiger partial charge in [-0.2, -0.15) is 0 Å². The number of rotatable bonds is 6. The zero-order chi connectivity index (χ0) is 22.0. The van der Waals surface area contributed by atoms with Crippen LogP contribution in [-0.2, 0) is 15.8 Å². The SMILES string of the molecule is CN(C)S(=O)(=O)c1cccc(CSc2nnc(-c3ccc(F)cc3)c3ccccc23)c1. The fraction of sp³-hybridized carbons (Fsp3) is 0.130. The third kappa shape index (κ3) is 4.46. The molecule has 0 bridgehead atoms. The monoisotopic (exact) mass is 453 g/mol. The Morgan fingerprint density at radius 2 is 1.61 bits per heavy atom. The van der Waals surface area contributed by atoms with Crippen LogP contribution >= 0.6 is 11.8 Å². The molecule has 1 aromatic heterocycles. The number of hydrogen-bond donors (Lipinski definition) is 0. The van der Waals surface area contributed by atoms with Gasteiger partial charge in [-0.1, -0.05) is 48.2 Å². The molecule has 5 nitrogen and oxygen atoms in total. The minimum atomic E-state index is -3.49. The number of halogens is 1. The number of fused-ring (bicyclic) bond motifs is 1. The first kappa shape index (κ1) is 21.4. The van der Waals surface area contributed by atoms with Gasteiger partial charge < -0.3 is 0 Å². The molecule has 3 aromatic carbocycles. The smallest absolute Gasteiger partial charge is 0.207 e. The molecule has 0 atom stereocenters. The van der Waals surface area contributed by atoms with Crippen molar-refractivity contribution in [3.05, 3.63) is 84.2 Å². The van der Waals surface area contributed by atoms with E-state index >= 15 is 0 Å². The number of aromatic nitrogens is 2. The Hall–Kier alpha value is -2.81. The normalized spacial score (nSPS) is 11.9. The number of nitrogens with zero attached hydrogens (tertiary/aromatic N) is 3. The second-order valence-corrected chi connectivity index (χ2v) is 10.2. The molecule has 0 unspecified atom stereocenters. The topological polar surface area (TPSA) is 63.2 Å². The first-order valence-electron chi connectivity index (χ1n) is 9.52. The molecule has 4 aromatic rings. The predicted octanol–water partition coefficient (Wildman–Crippen LogP) is 4.98. The summed E-state index contributed by atoms with van der Waals surface area (Å²) in [5, 5.41) is 11.4. The first-order valence-corrected chi connectivity index (χ1v) is 11.9. The molecule has 0 radical (unpaired) electrons. The van der Waals surface area contributed by atoms with Crippen molar-refractivity contribution in [3.63, 3.8) is 0 Å². The van der Waals surface area contributed by atoms with Crippen LogP contribution in [0.25, 0.3) is 22.0 Å². The van der Waals surface area contributed by atoms with E-state index in [0.29, 0.717) is 11.4 Å². The zero-order valence-electron chi connectivity index (χ0n) is 17.0. The van der Waals surface area contributed by atoms with Crippen molar-refractivity contribution >= 4 is 32.6 Å².